The molecule has 2 N–H and O–H groups in total. The van der Waals surface area contributed by atoms with Crippen molar-refractivity contribution < 1.29 is 32.2 Å². The van der Waals surface area contributed by atoms with E-state index < -0.39 is 28.0 Å². The van der Waals surface area contributed by atoms with E-state index in [1.165, 1.54) is 30.2 Å². The standard InChI is InChI=1S/C25H25N3O7S/c1-28(18-11-12-22-23(14-18)35-16-34-22)24(29)21(13-17-7-4-3-5-8-17)26-25(30)27-36(31,32)20-10-6-9-19(15-20)33-2/h3-12,14-15,21H,13,16H2,1-2H3,(H2,26,27,30)/t21-/m0/s1. The van der Waals surface area contributed by atoms with E-state index in [0.717, 1.165) is 5.56 Å². The third-order valence-corrected chi connectivity index (χ3v) is 6.87. The molecule has 1 aliphatic heterocycles. The number of carbonyl (C=O) groups excluding carboxylic acids is 2. The first-order valence-electron chi connectivity index (χ1n) is 11.0. The smallest absolute Gasteiger partial charge is 0.329 e. The summed E-state index contributed by atoms with van der Waals surface area (Å²) >= 11 is 0. The molecule has 1 atom stereocenters. The van der Waals surface area contributed by atoms with E-state index >= 15 is 0 Å². The first-order chi connectivity index (χ1) is 17.3. The highest BCUT2D eigenvalue weighted by Crippen LogP contribution is 2.35. The molecular weight excluding hydrogens is 486 g/mol. The van der Waals surface area contributed by atoms with Gasteiger partial charge in [0.25, 0.3) is 10.0 Å². The number of urea groups is 1. The van der Waals surface area contributed by atoms with E-state index in [-0.39, 0.29) is 18.1 Å². The number of carbonyl (C=O) groups is 2. The summed E-state index contributed by atoms with van der Waals surface area (Å²) in [5, 5.41) is 2.52. The molecule has 0 saturated carbocycles. The van der Waals surface area contributed by atoms with Gasteiger partial charge in [-0.25, -0.2) is 17.9 Å². The number of anilines is 1. The van der Waals surface area contributed by atoms with Gasteiger partial charge in [-0.1, -0.05) is 36.4 Å². The number of amides is 3. The second kappa shape index (κ2) is 10.6. The topological polar surface area (TPSA) is 123 Å². The molecule has 0 unspecified atom stereocenters. The van der Waals surface area contributed by atoms with E-state index in [1.54, 1.807) is 31.3 Å². The molecule has 0 fully saturated rings. The first kappa shape index (κ1) is 24.9. The Hall–Kier alpha value is -4.25. The van der Waals surface area contributed by atoms with E-state index in [4.69, 9.17) is 14.2 Å². The molecule has 11 heteroatoms. The molecule has 0 aliphatic carbocycles. The summed E-state index contributed by atoms with van der Waals surface area (Å²) in [6.07, 6.45) is 0.140. The number of fused-ring (bicyclic) bond motifs is 1. The molecule has 4 rings (SSSR count). The summed E-state index contributed by atoms with van der Waals surface area (Å²) in [6.45, 7) is 0.0938. The van der Waals surface area contributed by atoms with Crippen LogP contribution in [0, 0.1) is 0 Å². The van der Waals surface area contributed by atoms with Crippen LogP contribution in [0.25, 0.3) is 0 Å². The zero-order chi connectivity index (χ0) is 25.7. The molecule has 1 heterocycles. The van der Waals surface area contributed by atoms with Crippen molar-refractivity contribution in [1.82, 2.24) is 10.0 Å². The van der Waals surface area contributed by atoms with Gasteiger partial charge < -0.3 is 24.4 Å². The van der Waals surface area contributed by atoms with Crippen LogP contribution < -0.4 is 29.1 Å². The Bertz CT molecular complexity index is 1360. The van der Waals surface area contributed by atoms with E-state index in [0.29, 0.717) is 22.9 Å². The van der Waals surface area contributed by atoms with Gasteiger partial charge in [-0.3, -0.25) is 4.79 Å². The lowest BCUT2D eigenvalue weighted by atomic mass is 10.0. The molecule has 188 valence electrons. The first-order valence-corrected chi connectivity index (χ1v) is 12.4. The fourth-order valence-corrected chi connectivity index (χ4v) is 4.59. The third kappa shape index (κ3) is 5.69. The van der Waals surface area contributed by atoms with Crippen LogP contribution >= 0.6 is 0 Å². The summed E-state index contributed by atoms with van der Waals surface area (Å²) in [7, 11) is -1.25. The summed E-state index contributed by atoms with van der Waals surface area (Å²) in [5.74, 6) is 0.940. The average Bonchev–Trinajstić information content (AvgIpc) is 3.36. The predicted molar refractivity (Wildman–Crippen MR) is 132 cm³/mol. The third-order valence-electron chi connectivity index (χ3n) is 5.54. The molecule has 0 aromatic heterocycles. The van der Waals surface area contributed by atoms with Gasteiger partial charge in [0.1, 0.15) is 11.8 Å². The molecule has 3 aromatic rings. The van der Waals surface area contributed by atoms with Gasteiger partial charge in [-0.15, -0.1) is 0 Å². The number of ether oxygens (including phenoxy) is 3. The Kier molecular flexibility index (Phi) is 7.30. The van der Waals surface area contributed by atoms with Gasteiger partial charge in [0.2, 0.25) is 12.7 Å². The Labute approximate surface area is 208 Å². The van der Waals surface area contributed by atoms with E-state index in [2.05, 4.69) is 5.32 Å². The summed E-state index contributed by atoms with van der Waals surface area (Å²) in [4.78, 5) is 27.4. The van der Waals surface area contributed by atoms with Crippen molar-refractivity contribution in [1.29, 1.82) is 0 Å². The molecule has 0 bridgehead atoms. The number of sulfonamides is 1. The van der Waals surface area contributed by atoms with E-state index in [9.17, 15) is 18.0 Å². The van der Waals surface area contributed by atoms with Crippen LogP contribution in [0.2, 0.25) is 0 Å². The molecule has 3 aromatic carbocycles. The van der Waals surface area contributed by atoms with Crippen molar-refractivity contribution in [2.24, 2.45) is 0 Å². The zero-order valence-electron chi connectivity index (χ0n) is 19.6. The van der Waals surface area contributed by atoms with Crippen molar-refractivity contribution in [3.05, 3.63) is 78.4 Å². The average molecular weight is 512 g/mol. The lowest BCUT2D eigenvalue weighted by Gasteiger charge is -2.25. The number of nitrogens with one attached hydrogen (secondary N) is 2. The number of rotatable bonds is 8. The molecule has 3 amide bonds. The van der Waals surface area contributed by atoms with Crippen LogP contribution in [0.15, 0.2) is 77.7 Å². The summed E-state index contributed by atoms with van der Waals surface area (Å²) < 4.78 is 43.2. The van der Waals surface area contributed by atoms with Crippen LogP contribution in [-0.2, 0) is 21.2 Å². The Morgan fingerprint density at radius 1 is 1.00 bits per heavy atom. The van der Waals surface area contributed by atoms with Crippen LogP contribution in [0.5, 0.6) is 17.2 Å². The second-order valence-electron chi connectivity index (χ2n) is 7.94. The van der Waals surface area contributed by atoms with Crippen LogP contribution in [0.3, 0.4) is 0 Å². The molecule has 0 spiro atoms. The van der Waals surface area contributed by atoms with Gasteiger partial charge in [0.15, 0.2) is 11.5 Å². The van der Waals surface area contributed by atoms with Crippen molar-refractivity contribution in [2.45, 2.75) is 17.4 Å². The maximum absolute atomic E-state index is 13.4. The molecular formula is C25H25N3O7S. The monoisotopic (exact) mass is 511 g/mol. The normalized spacial score (nSPS) is 12.9. The minimum Gasteiger partial charge on any atom is -0.497 e. The number of likely N-dealkylation sites (N-methyl/N-ethyl adjacent to an activating group) is 1. The lowest BCUT2D eigenvalue weighted by Crippen LogP contribution is -2.52. The molecule has 1 aliphatic rings. The largest absolute Gasteiger partial charge is 0.497 e. The van der Waals surface area contributed by atoms with Gasteiger partial charge in [-0.05, 0) is 29.8 Å². The van der Waals surface area contributed by atoms with Crippen molar-refractivity contribution in [3.8, 4) is 17.2 Å². The Morgan fingerprint density at radius 2 is 1.75 bits per heavy atom. The fourth-order valence-electron chi connectivity index (χ4n) is 3.64. The number of nitrogens with zero attached hydrogens (tertiary/aromatic N) is 1. The van der Waals surface area contributed by atoms with Crippen LogP contribution in [0.1, 0.15) is 5.56 Å². The van der Waals surface area contributed by atoms with Gasteiger partial charge >= 0.3 is 6.03 Å². The quantitative estimate of drug-likeness (QED) is 0.477. The highest BCUT2D eigenvalue weighted by atomic mass is 32.2. The van der Waals surface area contributed by atoms with Crippen molar-refractivity contribution in [2.75, 3.05) is 25.9 Å². The zero-order valence-corrected chi connectivity index (χ0v) is 20.4. The maximum Gasteiger partial charge on any atom is 0.329 e. The highest BCUT2D eigenvalue weighted by Gasteiger charge is 2.28. The number of hydrogen-bond donors (Lipinski definition) is 2. The molecule has 10 nitrogen and oxygen atoms in total. The SMILES string of the molecule is COc1cccc(S(=O)(=O)NC(=O)N[C@@H](Cc2ccccc2)C(=O)N(C)c2ccc3c(c2)OCO3)c1. The second-order valence-corrected chi connectivity index (χ2v) is 9.62. The molecule has 36 heavy (non-hydrogen) atoms. The highest BCUT2D eigenvalue weighted by molar-refractivity contribution is 7.90. The Morgan fingerprint density at radius 3 is 2.50 bits per heavy atom. The lowest BCUT2D eigenvalue weighted by molar-refractivity contribution is -0.120. The number of hydrogen-bond acceptors (Lipinski definition) is 7. The fraction of sp³-hybridized carbons (Fsp3) is 0.200. The van der Waals surface area contributed by atoms with E-state index in [1.807, 2.05) is 35.1 Å². The van der Waals surface area contributed by atoms with Crippen LogP contribution in [-0.4, -0.2) is 47.3 Å². The van der Waals surface area contributed by atoms with Crippen molar-refractivity contribution in [3.63, 3.8) is 0 Å². The molecule has 0 radical (unpaired) electrons. The number of methoxy groups -OCH3 is 1. The summed E-state index contributed by atoms with van der Waals surface area (Å²) in [5.41, 5.74) is 1.31. The van der Waals surface area contributed by atoms with Gasteiger partial charge in [0, 0.05) is 31.3 Å². The number of benzene rings is 3. The predicted octanol–water partition coefficient (Wildman–Crippen LogP) is 2.69. The van der Waals surface area contributed by atoms with Crippen molar-refractivity contribution >= 4 is 27.6 Å². The summed E-state index contributed by atoms with van der Waals surface area (Å²) in [6, 6.07) is 17.7. The van der Waals surface area contributed by atoms with Crippen LogP contribution in [0.4, 0.5) is 10.5 Å². The van der Waals surface area contributed by atoms with Gasteiger partial charge in [-0.2, -0.15) is 0 Å². The minimum atomic E-state index is -4.21. The van der Waals surface area contributed by atoms with Gasteiger partial charge in [0.05, 0.1) is 12.0 Å². The Balaban J connectivity index is 1.54. The maximum atomic E-state index is 13.4. The molecule has 0 saturated heterocycles. The minimum absolute atomic E-state index is 0.0938.